The molecule has 1 unspecified atom stereocenters. The standard InChI is InChI=1S/C19H24N4O3S/c1-2-15(12-6-4-3-5-7-12)16-22-23-19(27-16)21-18(26)20-14-10-8-13(9-11-14)17(24)25/h3-7,13-15H,2,8-11H2,1H3,(H,24,25)(H2,20,21,23,26). The summed E-state index contributed by atoms with van der Waals surface area (Å²) in [6, 6.07) is 9.82. The average molecular weight is 388 g/mol. The van der Waals surface area contributed by atoms with E-state index < -0.39 is 5.97 Å². The minimum atomic E-state index is -0.747. The molecule has 1 aromatic heterocycles. The Labute approximate surface area is 162 Å². The Balaban J connectivity index is 1.54. The van der Waals surface area contributed by atoms with Crippen molar-refractivity contribution in [3.8, 4) is 0 Å². The van der Waals surface area contributed by atoms with Gasteiger partial charge in [-0.25, -0.2) is 4.79 Å². The highest BCUT2D eigenvalue weighted by Crippen LogP contribution is 2.31. The van der Waals surface area contributed by atoms with Crippen LogP contribution in [0.25, 0.3) is 0 Å². The summed E-state index contributed by atoms with van der Waals surface area (Å²) < 4.78 is 0. The van der Waals surface area contributed by atoms with Crippen LogP contribution >= 0.6 is 11.3 Å². The number of aliphatic carboxylic acids is 1. The number of nitrogens with one attached hydrogen (secondary N) is 2. The number of anilines is 1. The Morgan fingerprint density at radius 1 is 1.19 bits per heavy atom. The number of amides is 2. The van der Waals surface area contributed by atoms with E-state index in [1.165, 1.54) is 16.9 Å². The molecule has 7 nitrogen and oxygen atoms in total. The topological polar surface area (TPSA) is 104 Å². The third kappa shape index (κ3) is 5.03. The van der Waals surface area contributed by atoms with Crippen LogP contribution in [0.3, 0.4) is 0 Å². The number of carboxylic acid groups (broad SMARTS) is 1. The van der Waals surface area contributed by atoms with Crippen LogP contribution in [0.4, 0.5) is 9.93 Å². The Morgan fingerprint density at radius 2 is 1.89 bits per heavy atom. The predicted molar refractivity (Wildman–Crippen MR) is 104 cm³/mol. The van der Waals surface area contributed by atoms with Crippen LogP contribution in [-0.2, 0) is 4.79 Å². The summed E-state index contributed by atoms with van der Waals surface area (Å²) >= 11 is 1.38. The number of urea groups is 1. The maximum atomic E-state index is 12.2. The van der Waals surface area contributed by atoms with E-state index in [0.29, 0.717) is 30.8 Å². The molecule has 8 heteroatoms. The first-order chi connectivity index (χ1) is 13.1. The second-order valence-corrected chi connectivity index (χ2v) is 7.81. The van der Waals surface area contributed by atoms with E-state index in [2.05, 4.69) is 39.9 Å². The van der Waals surface area contributed by atoms with Gasteiger partial charge in [-0.15, -0.1) is 10.2 Å². The van der Waals surface area contributed by atoms with Gasteiger partial charge >= 0.3 is 12.0 Å². The van der Waals surface area contributed by atoms with Gasteiger partial charge in [0.05, 0.1) is 5.92 Å². The molecule has 3 rings (SSSR count). The first-order valence-electron chi connectivity index (χ1n) is 9.25. The first-order valence-corrected chi connectivity index (χ1v) is 10.1. The van der Waals surface area contributed by atoms with Crippen LogP contribution in [0.1, 0.15) is 55.5 Å². The van der Waals surface area contributed by atoms with E-state index in [0.717, 1.165) is 11.4 Å². The number of carboxylic acids is 1. The largest absolute Gasteiger partial charge is 0.481 e. The Hall–Kier alpha value is -2.48. The van der Waals surface area contributed by atoms with Crippen LogP contribution in [-0.4, -0.2) is 33.3 Å². The Bertz CT molecular complexity index is 772. The highest BCUT2D eigenvalue weighted by molar-refractivity contribution is 7.15. The zero-order valence-electron chi connectivity index (χ0n) is 15.2. The number of carbonyl (C=O) groups is 2. The maximum absolute atomic E-state index is 12.2. The van der Waals surface area contributed by atoms with Crippen molar-refractivity contribution in [1.29, 1.82) is 0 Å². The second kappa shape index (κ2) is 8.94. The van der Waals surface area contributed by atoms with Gasteiger partial charge < -0.3 is 10.4 Å². The van der Waals surface area contributed by atoms with Crippen molar-refractivity contribution in [3.63, 3.8) is 0 Å². The van der Waals surface area contributed by atoms with Crippen LogP contribution in [0.5, 0.6) is 0 Å². The van der Waals surface area contributed by atoms with Gasteiger partial charge in [0.1, 0.15) is 5.01 Å². The SMILES string of the molecule is CCC(c1ccccc1)c1nnc(NC(=O)NC2CCC(C(=O)O)CC2)s1. The summed E-state index contributed by atoms with van der Waals surface area (Å²) in [6.07, 6.45) is 3.45. The molecule has 0 spiro atoms. The molecular formula is C19H24N4O3S. The van der Waals surface area contributed by atoms with Crippen LogP contribution < -0.4 is 10.6 Å². The van der Waals surface area contributed by atoms with Gasteiger partial charge in [-0.1, -0.05) is 48.6 Å². The van der Waals surface area contributed by atoms with E-state index in [1.54, 1.807) is 0 Å². The van der Waals surface area contributed by atoms with Crippen molar-refractivity contribution < 1.29 is 14.7 Å². The first kappa shape index (κ1) is 19.3. The monoisotopic (exact) mass is 388 g/mol. The molecule has 2 amide bonds. The van der Waals surface area contributed by atoms with Crippen molar-refractivity contribution in [1.82, 2.24) is 15.5 Å². The van der Waals surface area contributed by atoms with Crippen LogP contribution in [0.15, 0.2) is 30.3 Å². The molecule has 1 aliphatic carbocycles. The molecule has 0 saturated heterocycles. The molecule has 0 aliphatic heterocycles. The van der Waals surface area contributed by atoms with Crippen LogP contribution in [0.2, 0.25) is 0 Å². The van der Waals surface area contributed by atoms with Crippen molar-refractivity contribution in [3.05, 3.63) is 40.9 Å². The molecule has 1 heterocycles. The van der Waals surface area contributed by atoms with Gasteiger partial charge in [0.15, 0.2) is 0 Å². The van der Waals surface area contributed by atoms with Crippen molar-refractivity contribution in [2.45, 2.75) is 51.0 Å². The number of nitrogens with zero attached hydrogens (tertiary/aromatic N) is 2. The molecule has 0 radical (unpaired) electrons. The summed E-state index contributed by atoms with van der Waals surface area (Å²) in [5.41, 5.74) is 1.18. The maximum Gasteiger partial charge on any atom is 0.321 e. The molecule has 0 bridgehead atoms. The third-order valence-corrected chi connectivity index (χ3v) is 5.93. The lowest BCUT2D eigenvalue weighted by Crippen LogP contribution is -2.40. The molecule has 3 N–H and O–H groups in total. The number of hydrogen-bond acceptors (Lipinski definition) is 5. The quantitative estimate of drug-likeness (QED) is 0.697. The van der Waals surface area contributed by atoms with E-state index in [4.69, 9.17) is 5.11 Å². The van der Waals surface area contributed by atoms with Crippen LogP contribution in [0, 0.1) is 5.92 Å². The lowest BCUT2D eigenvalue weighted by atomic mass is 9.86. The molecule has 27 heavy (non-hydrogen) atoms. The minimum absolute atomic E-state index is 0.000649. The van der Waals surface area contributed by atoms with Gasteiger partial charge in [-0.2, -0.15) is 0 Å². The number of carbonyl (C=O) groups excluding carboxylic acids is 1. The lowest BCUT2D eigenvalue weighted by molar-refractivity contribution is -0.142. The lowest BCUT2D eigenvalue weighted by Gasteiger charge is -2.26. The Morgan fingerprint density at radius 3 is 2.52 bits per heavy atom. The summed E-state index contributed by atoms with van der Waals surface area (Å²) in [4.78, 5) is 23.2. The van der Waals surface area contributed by atoms with Crippen molar-refractivity contribution >= 4 is 28.5 Å². The van der Waals surface area contributed by atoms with Gasteiger partial charge in [-0.05, 0) is 37.7 Å². The average Bonchev–Trinajstić information content (AvgIpc) is 3.11. The summed E-state index contributed by atoms with van der Waals surface area (Å²) in [7, 11) is 0. The molecule has 1 aromatic carbocycles. The fourth-order valence-electron chi connectivity index (χ4n) is 3.47. The van der Waals surface area contributed by atoms with E-state index in [-0.39, 0.29) is 23.9 Å². The normalized spacial score (nSPS) is 20.6. The predicted octanol–water partition coefficient (Wildman–Crippen LogP) is 3.84. The third-order valence-electron chi connectivity index (χ3n) is 4.98. The molecule has 1 aliphatic rings. The number of benzene rings is 1. The van der Waals surface area contributed by atoms with Crippen molar-refractivity contribution in [2.24, 2.45) is 5.92 Å². The fourth-order valence-corrected chi connectivity index (χ4v) is 4.42. The smallest absolute Gasteiger partial charge is 0.321 e. The number of rotatable bonds is 6. The van der Waals surface area contributed by atoms with Gasteiger partial charge in [0.2, 0.25) is 5.13 Å². The summed E-state index contributed by atoms with van der Waals surface area (Å²) in [6.45, 7) is 2.10. The van der Waals surface area contributed by atoms with Gasteiger partial charge in [0, 0.05) is 12.0 Å². The van der Waals surface area contributed by atoms with E-state index in [1.807, 2.05) is 18.2 Å². The molecule has 1 fully saturated rings. The molecule has 2 aromatic rings. The molecular weight excluding hydrogens is 364 g/mol. The Kier molecular flexibility index (Phi) is 6.39. The second-order valence-electron chi connectivity index (χ2n) is 6.80. The summed E-state index contributed by atoms with van der Waals surface area (Å²) in [5, 5.41) is 24.4. The highest BCUT2D eigenvalue weighted by atomic mass is 32.1. The van der Waals surface area contributed by atoms with Crippen molar-refractivity contribution in [2.75, 3.05) is 5.32 Å². The summed E-state index contributed by atoms with van der Waals surface area (Å²) in [5.74, 6) is -0.877. The van der Waals surface area contributed by atoms with E-state index in [9.17, 15) is 9.59 Å². The van der Waals surface area contributed by atoms with E-state index >= 15 is 0 Å². The highest BCUT2D eigenvalue weighted by Gasteiger charge is 2.27. The number of aromatic nitrogens is 2. The molecule has 1 saturated carbocycles. The zero-order valence-corrected chi connectivity index (χ0v) is 16.0. The van der Waals surface area contributed by atoms with Gasteiger partial charge in [-0.3, -0.25) is 10.1 Å². The van der Waals surface area contributed by atoms with Gasteiger partial charge in [0.25, 0.3) is 0 Å². The molecule has 1 atom stereocenters. The molecule has 144 valence electrons. The number of hydrogen-bond donors (Lipinski definition) is 3. The fraction of sp³-hybridized carbons (Fsp3) is 0.474. The zero-order chi connectivity index (χ0) is 19.2. The minimum Gasteiger partial charge on any atom is -0.481 e.